The third-order valence-electron chi connectivity index (χ3n) is 6.73. The fourth-order valence-electron chi connectivity index (χ4n) is 4.29. The van der Waals surface area contributed by atoms with Crippen LogP contribution in [0.4, 0.5) is 5.82 Å². The Labute approximate surface area is 195 Å². The van der Waals surface area contributed by atoms with E-state index in [1.54, 1.807) is 23.0 Å². The fraction of sp³-hybridized carbons (Fsp3) is 0.435. The first-order valence-electron chi connectivity index (χ1n) is 11.6. The molecule has 4 aromatic heterocycles. The van der Waals surface area contributed by atoms with Crippen molar-refractivity contribution in [2.75, 3.05) is 25.0 Å². The monoisotopic (exact) mass is 459 g/mol. The Morgan fingerprint density at radius 2 is 2.06 bits per heavy atom. The first-order chi connectivity index (χ1) is 16.6. The van der Waals surface area contributed by atoms with Crippen LogP contribution < -0.4 is 5.32 Å². The van der Waals surface area contributed by atoms with Gasteiger partial charge in [-0.25, -0.2) is 0 Å². The quantitative estimate of drug-likeness (QED) is 0.462. The number of carbonyl (C=O) groups is 1. The van der Waals surface area contributed by atoms with Gasteiger partial charge in [0.25, 0.3) is 0 Å². The number of fused-ring (bicyclic) bond motifs is 1. The molecule has 0 spiro atoms. The molecule has 34 heavy (non-hydrogen) atoms. The zero-order valence-electron chi connectivity index (χ0n) is 18.9. The van der Waals surface area contributed by atoms with Gasteiger partial charge in [-0.2, -0.15) is 9.50 Å². The molecule has 2 aliphatic rings. The summed E-state index contributed by atoms with van der Waals surface area (Å²) in [6.45, 7) is 3.64. The van der Waals surface area contributed by atoms with Crippen molar-refractivity contribution in [3.05, 3.63) is 48.4 Å². The summed E-state index contributed by atoms with van der Waals surface area (Å²) in [5.41, 5.74) is 1.28. The van der Waals surface area contributed by atoms with Crippen LogP contribution in [0.25, 0.3) is 17.0 Å². The van der Waals surface area contributed by atoms with Crippen molar-refractivity contribution >= 4 is 17.4 Å². The van der Waals surface area contributed by atoms with E-state index in [2.05, 4.69) is 42.7 Å². The van der Waals surface area contributed by atoms with Gasteiger partial charge >= 0.3 is 0 Å². The summed E-state index contributed by atoms with van der Waals surface area (Å²) in [4.78, 5) is 23.5. The van der Waals surface area contributed by atoms with Crippen LogP contribution in [0.2, 0.25) is 0 Å². The van der Waals surface area contributed by atoms with Crippen molar-refractivity contribution in [3.63, 3.8) is 0 Å². The second kappa shape index (κ2) is 8.15. The molecule has 1 saturated heterocycles. The molecule has 1 aliphatic carbocycles. The second-order valence-electron chi connectivity index (χ2n) is 9.28. The molecule has 1 saturated carbocycles. The highest BCUT2D eigenvalue weighted by molar-refractivity contribution is 5.80. The number of likely N-dealkylation sites (tertiary alicyclic amines) is 1. The fourth-order valence-corrected chi connectivity index (χ4v) is 4.29. The molecule has 4 aromatic rings. The van der Waals surface area contributed by atoms with Crippen LogP contribution in [0.5, 0.6) is 0 Å². The third kappa shape index (κ3) is 3.87. The van der Waals surface area contributed by atoms with Crippen LogP contribution in [0.3, 0.4) is 0 Å². The summed E-state index contributed by atoms with van der Waals surface area (Å²) in [5, 5.41) is 20.3. The zero-order valence-corrected chi connectivity index (χ0v) is 18.9. The Morgan fingerprint density at radius 3 is 2.82 bits per heavy atom. The van der Waals surface area contributed by atoms with Gasteiger partial charge in [0, 0.05) is 42.4 Å². The number of pyridine rings is 1. The molecule has 0 aromatic carbocycles. The highest BCUT2D eigenvalue weighted by Gasteiger charge is 2.39. The van der Waals surface area contributed by atoms with Crippen molar-refractivity contribution in [2.24, 2.45) is 0 Å². The maximum Gasteiger partial charge on any atom is 0.241 e. The summed E-state index contributed by atoms with van der Waals surface area (Å²) in [6, 6.07) is 7.36. The molecule has 1 amide bonds. The molecule has 0 unspecified atom stereocenters. The largest absolute Gasteiger partial charge is 0.360 e. The van der Waals surface area contributed by atoms with E-state index < -0.39 is 0 Å². The number of hydrogen-bond acceptors (Lipinski definition) is 9. The van der Waals surface area contributed by atoms with E-state index in [0.717, 1.165) is 43.0 Å². The number of hydrogen-bond donors (Lipinski definition) is 1. The predicted molar refractivity (Wildman–Crippen MR) is 122 cm³/mol. The van der Waals surface area contributed by atoms with Crippen LogP contribution in [0.15, 0.2) is 41.2 Å². The smallest absolute Gasteiger partial charge is 0.241 e. The van der Waals surface area contributed by atoms with Gasteiger partial charge in [-0.05, 0) is 49.9 Å². The number of carbonyl (C=O) groups excluding carboxylic acids is 1. The molecule has 2 fully saturated rings. The molecule has 174 valence electrons. The molecule has 6 rings (SSSR count). The van der Waals surface area contributed by atoms with Gasteiger partial charge < -0.3 is 14.7 Å². The molecule has 11 heteroatoms. The second-order valence-corrected chi connectivity index (χ2v) is 9.28. The molecule has 11 nitrogen and oxygen atoms in total. The molecular formula is C23H25N9O2. The Morgan fingerprint density at radius 1 is 1.21 bits per heavy atom. The lowest BCUT2D eigenvalue weighted by molar-refractivity contribution is -0.130. The molecular weight excluding hydrogens is 434 g/mol. The van der Waals surface area contributed by atoms with Crippen LogP contribution >= 0.6 is 0 Å². The van der Waals surface area contributed by atoms with Gasteiger partial charge in [0.05, 0.1) is 6.54 Å². The van der Waals surface area contributed by atoms with Gasteiger partial charge in [0.2, 0.25) is 11.8 Å². The number of piperidine rings is 1. The van der Waals surface area contributed by atoms with Gasteiger partial charge in [0.1, 0.15) is 5.82 Å². The average molecular weight is 460 g/mol. The van der Waals surface area contributed by atoms with E-state index in [4.69, 9.17) is 4.52 Å². The lowest BCUT2D eigenvalue weighted by Gasteiger charge is -2.37. The van der Waals surface area contributed by atoms with E-state index in [1.165, 1.54) is 0 Å². The first kappa shape index (κ1) is 20.7. The Balaban J connectivity index is 1.08. The third-order valence-corrected chi connectivity index (χ3v) is 6.73. The first-order valence-corrected chi connectivity index (χ1v) is 11.6. The van der Waals surface area contributed by atoms with Gasteiger partial charge in [-0.3, -0.25) is 9.78 Å². The van der Waals surface area contributed by atoms with Crippen LogP contribution in [0.1, 0.15) is 50.2 Å². The minimum absolute atomic E-state index is 0.0342. The lowest BCUT2D eigenvalue weighted by atomic mass is 9.79. The molecule has 0 radical (unpaired) electrons. The number of anilines is 1. The zero-order chi connectivity index (χ0) is 23.1. The summed E-state index contributed by atoms with van der Waals surface area (Å²) < 4.78 is 7.11. The average Bonchev–Trinajstić information content (AvgIpc) is 3.43. The number of nitrogens with zero attached hydrogens (tertiary/aromatic N) is 8. The topological polar surface area (TPSA) is 127 Å². The molecule has 5 heterocycles. The SMILES string of the molecule is CC1(c2noc(C3CC3)n2)CCN(C(=O)CNc2ccc3nnc(-c4cccnc4)n3n2)CC1. The number of aromatic nitrogens is 7. The minimum atomic E-state index is -0.162. The summed E-state index contributed by atoms with van der Waals surface area (Å²) in [5.74, 6) is 3.20. The normalized spacial score (nSPS) is 17.7. The maximum absolute atomic E-state index is 12.9. The number of nitrogens with one attached hydrogen (secondary N) is 1. The van der Waals surface area contributed by atoms with Crippen molar-refractivity contribution in [1.29, 1.82) is 0 Å². The molecule has 1 N–H and O–H groups in total. The highest BCUT2D eigenvalue weighted by Crippen LogP contribution is 2.41. The molecule has 1 aliphatic heterocycles. The van der Waals surface area contributed by atoms with E-state index in [-0.39, 0.29) is 17.9 Å². The molecule has 0 bridgehead atoms. The van der Waals surface area contributed by atoms with Crippen LogP contribution in [-0.2, 0) is 10.2 Å². The number of rotatable bonds is 6. The van der Waals surface area contributed by atoms with Crippen molar-refractivity contribution in [1.82, 2.24) is 39.8 Å². The standard InChI is InChI=1S/C23H25N9O2/c1-23(22-26-21(34-30-22)15-4-5-15)8-11-31(12-9-23)19(33)14-25-17-6-7-18-27-28-20(32(18)29-17)16-3-2-10-24-13-16/h2-3,6-7,10,13,15H,4-5,8-9,11-12,14H2,1H3,(H,25,29). The highest BCUT2D eigenvalue weighted by atomic mass is 16.5. The van der Waals surface area contributed by atoms with E-state index in [1.807, 2.05) is 23.1 Å². The van der Waals surface area contributed by atoms with Crippen molar-refractivity contribution in [3.8, 4) is 11.4 Å². The maximum atomic E-state index is 12.9. The summed E-state index contributed by atoms with van der Waals surface area (Å²) in [6.07, 6.45) is 7.31. The summed E-state index contributed by atoms with van der Waals surface area (Å²) in [7, 11) is 0. The van der Waals surface area contributed by atoms with Gasteiger partial charge in [-0.1, -0.05) is 12.1 Å². The Kier molecular flexibility index (Phi) is 4.96. The Bertz CT molecular complexity index is 1320. The van der Waals surface area contributed by atoms with E-state index in [9.17, 15) is 4.79 Å². The predicted octanol–water partition coefficient (Wildman–Crippen LogP) is 2.44. The molecule has 0 atom stereocenters. The van der Waals surface area contributed by atoms with E-state index >= 15 is 0 Å². The minimum Gasteiger partial charge on any atom is -0.360 e. The van der Waals surface area contributed by atoms with Gasteiger partial charge in [-0.15, -0.1) is 15.3 Å². The van der Waals surface area contributed by atoms with Crippen LogP contribution in [0, 0.1) is 0 Å². The van der Waals surface area contributed by atoms with E-state index in [0.29, 0.717) is 36.3 Å². The van der Waals surface area contributed by atoms with Crippen molar-refractivity contribution in [2.45, 2.75) is 43.9 Å². The van der Waals surface area contributed by atoms with Gasteiger partial charge in [0.15, 0.2) is 17.3 Å². The lowest BCUT2D eigenvalue weighted by Crippen LogP contribution is -2.46. The Hall–Kier alpha value is -3.89. The summed E-state index contributed by atoms with van der Waals surface area (Å²) >= 11 is 0. The van der Waals surface area contributed by atoms with Crippen LogP contribution in [-0.4, -0.2) is 65.4 Å². The number of amides is 1. The van der Waals surface area contributed by atoms with Crippen molar-refractivity contribution < 1.29 is 9.32 Å².